The molecular formula is C16H26O2. The van der Waals surface area contributed by atoms with Crippen LogP contribution in [0.4, 0.5) is 0 Å². The molecule has 0 atom stereocenters. The highest BCUT2D eigenvalue weighted by Gasteiger charge is 1.92. The van der Waals surface area contributed by atoms with Crippen LogP contribution in [0.3, 0.4) is 0 Å². The van der Waals surface area contributed by atoms with Gasteiger partial charge in [0.05, 0.1) is 0 Å². The molecule has 0 saturated heterocycles. The van der Waals surface area contributed by atoms with Gasteiger partial charge in [-0.3, -0.25) is 4.79 Å². The second-order valence-corrected chi connectivity index (χ2v) is 4.89. The highest BCUT2D eigenvalue weighted by atomic mass is 16.5. The third-order valence-electron chi connectivity index (χ3n) is 2.72. The quantitative estimate of drug-likeness (QED) is 0.340. The molecule has 0 spiro atoms. The standard InChI is InChI=1S/C16H26O2/c1-14(2)7-5-8-15(3)9-6-10-16(4)11-12-18-13-17/h7,9,11,13H,5-6,8,10,12H2,1-4H3/b15-9+,16-11-. The molecule has 0 aromatic carbocycles. The molecule has 0 radical (unpaired) electrons. The van der Waals surface area contributed by atoms with Gasteiger partial charge in [-0.1, -0.05) is 28.9 Å². The third-order valence-corrected chi connectivity index (χ3v) is 2.72. The summed E-state index contributed by atoms with van der Waals surface area (Å²) >= 11 is 0. The van der Waals surface area contributed by atoms with E-state index in [1.807, 2.05) is 6.08 Å². The first-order chi connectivity index (χ1) is 8.56. The number of hydrogen-bond acceptors (Lipinski definition) is 2. The smallest absolute Gasteiger partial charge is 0.293 e. The van der Waals surface area contributed by atoms with Crippen molar-refractivity contribution in [1.29, 1.82) is 0 Å². The van der Waals surface area contributed by atoms with Crippen LogP contribution in [0.25, 0.3) is 0 Å². The Bertz CT molecular complexity index is 318. The molecule has 2 heteroatoms. The number of carbonyl (C=O) groups excluding carboxylic acids is 1. The van der Waals surface area contributed by atoms with E-state index >= 15 is 0 Å². The summed E-state index contributed by atoms with van der Waals surface area (Å²) in [4.78, 5) is 9.97. The van der Waals surface area contributed by atoms with Crippen molar-refractivity contribution in [2.45, 2.75) is 53.4 Å². The van der Waals surface area contributed by atoms with Gasteiger partial charge in [0.2, 0.25) is 0 Å². The number of allylic oxidation sites excluding steroid dienone is 5. The van der Waals surface area contributed by atoms with E-state index in [4.69, 9.17) is 0 Å². The molecule has 0 aliphatic heterocycles. The SMILES string of the molecule is CC(C)=CCC/C(C)=C/CC/C(C)=C\COC=O. The summed E-state index contributed by atoms with van der Waals surface area (Å²) in [5.41, 5.74) is 4.10. The van der Waals surface area contributed by atoms with Gasteiger partial charge >= 0.3 is 0 Å². The van der Waals surface area contributed by atoms with Gasteiger partial charge < -0.3 is 4.74 Å². The second-order valence-electron chi connectivity index (χ2n) is 4.89. The van der Waals surface area contributed by atoms with Gasteiger partial charge in [0, 0.05) is 0 Å². The highest BCUT2D eigenvalue weighted by molar-refractivity contribution is 5.37. The molecule has 0 unspecified atom stereocenters. The topological polar surface area (TPSA) is 26.3 Å². The van der Waals surface area contributed by atoms with Crippen molar-refractivity contribution >= 4 is 6.47 Å². The van der Waals surface area contributed by atoms with Gasteiger partial charge in [0.15, 0.2) is 0 Å². The molecular weight excluding hydrogens is 224 g/mol. The van der Waals surface area contributed by atoms with Gasteiger partial charge in [-0.15, -0.1) is 0 Å². The molecule has 0 heterocycles. The van der Waals surface area contributed by atoms with Crippen LogP contribution in [0.1, 0.15) is 53.4 Å². The van der Waals surface area contributed by atoms with Crippen molar-refractivity contribution in [3.8, 4) is 0 Å². The minimum absolute atomic E-state index is 0.388. The Hall–Kier alpha value is -1.31. The van der Waals surface area contributed by atoms with E-state index in [2.05, 4.69) is 44.6 Å². The Kier molecular flexibility index (Phi) is 10.0. The van der Waals surface area contributed by atoms with E-state index in [1.165, 1.54) is 16.7 Å². The maximum Gasteiger partial charge on any atom is 0.293 e. The second kappa shape index (κ2) is 10.8. The first-order valence-corrected chi connectivity index (χ1v) is 6.56. The zero-order valence-electron chi connectivity index (χ0n) is 12.2. The molecule has 0 rings (SSSR count). The van der Waals surface area contributed by atoms with Crippen LogP contribution in [-0.4, -0.2) is 13.1 Å². The van der Waals surface area contributed by atoms with Gasteiger partial charge in [-0.05, 0) is 59.5 Å². The van der Waals surface area contributed by atoms with E-state index in [-0.39, 0.29) is 0 Å². The molecule has 0 aromatic heterocycles. The molecule has 0 aliphatic rings. The van der Waals surface area contributed by atoms with Crippen LogP contribution in [0, 0.1) is 0 Å². The molecule has 0 amide bonds. The summed E-state index contributed by atoms with van der Waals surface area (Å²) in [5, 5.41) is 0. The minimum Gasteiger partial charge on any atom is -0.464 e. The van der Waals surface area contributed by atoms with Crippen molar-refractivity contribution in [3.05, 3.63) is 34.9 Å². The van der Waals surface area contributed by atoms with Crippen molar-refractivity contribution < 1.29 is 9.53 Å². The summed E-state index contributed by atoms with van der Waals surface area (Å²) in [6, 6.07) is 0. The van der Waals surface area contributed by atoms with Crippen LogP contribution in [0.15, 0.2) is 34.9 Å². The molecule has 0 aromatic rings. The molecule has 0 N–H and O–H groups in total. The number of rotatable bonds is 9. The van der Waals surface area contributed by atoms with E-state index in [0.717, 1.165) is 25.7 Å². The average Bonchev–Trinajstić information content (AvgIpc) is 2.29. The normalized spacial score (nSPS) is 12.2. The zero-order valence-corrected chi connectivity index (χ0v) is 12.2. The summed E-state index contributed by atoms with van der Waals surface area (Å²) in [6.45, 7) is 9.40. The monoisotopic (exact) mass is 250 g/mol. The molecule has 2 nitrogen and oxygen atoms in total. The highest BCUT2D eigenvalue weighted by Crippen LogP contribution is 2.11. The maximum atomic E-state index is 9.97. The van der Waals surface area contributed by atoms with Crippen LogP contribution >= 0.6 is 0 Å². The molecule has 0 aliphatic carbocycles. The van der Waals surface area contributed by atoms with E-state index in [9.17, 15) is 4.79 Å². The Morgan fingerprint density at radius 2 is 1.44 bits per heavy atom. The van der Waals surface area contributed by atoms with Crippen LogP contribution in [0.5, 0.6) is 0 Å². The lowest BCUT2D eigenvalue weighted by Crippen LogP contribution is -1.88. The van der Waals surface area contributed by atoms with Crippen molar-refractivity contribution in [2.75, 3.05) is 6.61 Å². The lowest BCUT2D eigenvalue weighted by atomic mass is 10.1. The Morgan fingerprint density at radius 3 is 2.00 bits per heavy atom. The van der Waals surface area contributed by atoms with E-state index in [1.54, 1.807) is 0 Å². The molecule has 102 valence electrons. The van der Waals surface area contributed by atoms with Gasteiger partial charge in [-0.2, -0.15) is 0 Å². The van der Waals surface area contributed by atoms with Crippen LogP contribution in [-0.2, 0) is 9.53 Å². The first-order valence-electron chi connectivity index (χ1n) is 6.56. The summed E-state index contributed by atoms with van der Waals surface area (Å²) in [5.74, 6) is 0. The fourth-order valence-corrected chi connectivity index (χ4v) is 1.57. The average molecular weight is 250 g/mol. The maximum absolute atomic E-state index is 9.97. The third kappa shape index (κ3) is 11.2. The Balaban J connectivity index is 3.82. The number of hydrogen-bond donors (Lipinski definition) is 0. The molecule has 18 heavy (non-hydrogen) atoms. The van der Waals surface area contributed by atoms with Gasteiger partial charge in [0.25, 0.3) is 6.47 Å². The van der Waals surface area contributed by atoms with Crippen LogP contribution in [0.2, 0.25) is 0 Å². The summed E-state index contributed by atoms with van der Waals surface area (Å²) < 4.78 is 4.63. The number of carbonyl (C=O) groups is 1. The predicted octanol–water partition coefficient (Wildman–Crippen LogP) is 4.58. The molecule has 0 fully saturated rings. The minimum atomic E-state index is 0.388. The zero-order chi connectivity index (χ0) is 13.8. The predicted molar refractivity (Wildman–Crippen MR) is 77.4 cm³/mol. The first kappa shape index (κ1) is 16.7. The lowest BCUT2D eigenvalue weighted by molar-refractivity contribution is -0.127. The molecule has 0 bridgehead atoms. The van der Waals surface area contributed by atoms with Crippen molar-refractivity contribution in [3.63, 3.8) is 0 Å². The fourth-order valence-electron chi connectivity index (χ4n) is 1.57. The van der Waals surface area contributed by atoms with Crippen LogP contribution < -0.4 is 0 Å². The Labute approximate surface area is 111 Å². The van der Waals surface area contributed by atoms with Gasteiger partial charge in [-0.25, -0.2) is 0 Å². The Morgan fingerprint density at radius 1 is 0.889 bits per heavy atom. The van der Waals surface area contributed by atoms with Crippen molar-refractivity contribution in [1.82, 2.24) is 0 Å². The fraction of sp³-hybridized carbons (Fsp3) is 0.562. The largest absolute Gasteiger partial charge is 0.464 e. The van der Waals surface area contributed by atoms with Gasteiger partial charge in [0.1, 0.15) is 6.61 Å². The van der Waals surface area contributed by atoms with E-state index < -0.39 is 0 Å². The van der Waals surface area contributed by atoms with Crippen molar-refractivity contribution in [2.24, 2.45) is 0 Å². The molecule has 0 saturated carbocycles. The van der Waals surface area contributed by atoms with E-state index in [0.29, 0.717) is 13.1 Å². The number of ether oxygens (including phenoxy) is 1. The lowest BCUT2D eigenvalue weighted by Gasteiger charge is -2.01. The summed E-state index contributed by atoms with van der Waals surface area (Å²) in [7, 11) is 0. The summed E-state index contributed by atoms with van der Waals surface area (Å²) in [6.07, 6.45) is 10.9.